The standard InChI is InChI=1S/C21H24N4O4/c1-28-13-5-11-22-20(26)18-17-6-3-4-12-25(17)19(24-18)21(27)23-14-15-7-9-16(29-2)10-8-15/h3-4,6-10,12H,5,11,13-14H2,1-2H3,(H,22,26)(H,23,27). The average molecular weight is 396 g/mol. The molecule has 2 heterocycles. The fourth-order valence-electron chi connectivity index (χ4n) is 2.87. The lowest BCUT2D eigenvalue weighted by atomic mass is 10.2. The number of nitrogens with one attached hydrogen (secondary N) is 2. The van der Waals surface area contributed by atoms with Gasteiger partial charge in [0.05, 0.1) is 12.6 Å². The van der Waals surface area contributed by atoms with Gasteiger partial charge in [0.2, 0.25) is 5.82 Å². The van der Waals surface area contributed by atoms with Crippen molar-refractivity contribution < 1.29 is 19.1 Å². The quantitative estimate of drug-likeness (QED) is 0.540. The number of rotatable bonds is 9. The van der Waals surface area contributed by atoms with Crippen molar-refractivity contribution in [3.63, 3.8) is 0 Å². The van der Waals surface area contributed by atoms with E-state index in [1.54, 1.807) is 43.0 Å². The number of amides is 2. The Labute approximate surface area is 168 Å². The van der Waals surface area contributed by atoms with Crippen molar-refractivity contribution in [1.82, 2.24) is 20.0 Å². The first-order chi connectivity index (χ1) is 14.1. The lowest BCUT2D eigenvalue weighted by molar-refractivity contribution is 0.0939. The maximum absolute atomic E-state index is 12.7. The molecule has 2 amide bonds. The molecule has 8 heteroatoms. The van der Waals surface area contributed by atoms with Gasteiger partial charge in [-0.2, -0.15) is 0 Å². The van der Waals surface area contributed by atoms with Crippen LogP contribution in [0.15, 0.2) is 48.7 Å². The SMILES string of the molecule is COCCCNC(=O)c1nc(C(=O)NCc2ccc(OC)cc2)n2ccccc12. The third kappa shape index (κ3) is 4.91. The Morgan fingerprint density at radius 1 is 1.03 bits per heavy atom. The van der Waals surface area contributed by atoms with E-state index in [1.807, 2.05) is 24.3 Å². The molecule has 152 valence electrons. The van der Waals surface area contributed by atoms with Gasteiger partial charge in [-0.3, -0.25) is 14.0 Å². The highest BCUT2D eigenvalue weighted by Crippen LogP contribution is 2.14. The molecule has 0 fully saturated rings. The van der Waals surface area contributed by atoms with Gasteiger partial charge < -0.3 is 20.1 Å². The summed E-state index contributed by atoms with van der Waals surface area (Å²) in [6.07, 6.45) is 2.41. The van der Waals surface area contributed by atoms with E-state index in [4.69, 9.17) is 9.47 Å². The summed E-state index contributed by atoms with van der Waals surface area (Å²) in [5.41, 5.74) is 1.72. The van der Waals surface area contributed by atoms with Gasteiger partial charge in [0, 0.05) is 33.0 Å². The number of imidazole rings is 1. The van der Waals surface area contributed by atoms with Crippen LogP contribution in [-0.4, -0.2) is 48.6 Å². The van der Waals surface area contributed by atoms with Crippen LogP contribution in [0, 0.1) is 0 Å². The first-order valence-corrected chi connectivity index (χ1v) is 9.29. The van der Waals surface area contributed by atoms with E-state index in [-0.39, 0.29) is 23.3 Å². The van der Waals surface area contributed by atoms with E-state index in [9.17, 15) is 9.59 Å². The van der Waals surface area contributed by atoms with Gasteiger partial charge in [-0.15, -0.1) is 0 Å². The Bertz CT molecular complexity index is 982. The Balaban J connectivity index is 1.74. The molecule has 0 aliphatic rings. The van der Waals surface area contributed by atoms with Gasteiger partial charge in [0.15, 0.2) is 5.69 Å². The van der Waals surface area contributed by atoms with Gasteiger partial charge >= 0.3 is 0 Å². The second-order valence-electron chi connectivity index (χ2n) is 6.37. The second-order valence-corrected chi connectivity index (χ2v) is 6.37. The van der Waals surface area contributed by atoms with Crippen molar-refractivity contribution in [2.45, 2.75) is 13.0 Å². The molecule has 0 spiro atoms. The highest BCUT2D eigenvalue weighted by atomic mass is 16.5. The predicted molar refractivity (Wildman–Crippen MR) is 108 cm³/mol. The monoisotopic (exact) mass is 396 g/mol. The van der Waals surface area contributed by atoms with Gasteiger partial charge in [0.1, 0.15) is 5.75 Å². The smallest absolute Gasteiger partial charge is 0.287 e. The second kappa shape index (κ2) is 9.70. The van der Waals surface area contributed by atoms with Crippen LogP contribution in [0.5, 0.6) is 5.75 Å². The molecule has 1 aromatic carbocycles. The molecule has 3 aromatic rings. The molecule has 3 rings (SSSR count). The third-order valence-corrected chi connectivity index (χ3v) is 4.39. The summed E-state index contributed by atoms with van der Waals surface area (Å²) in [6, 6.07) is 12.8. The van der Waals surface area contributed by atoms with E-state index < -0.39 is 0 Å². The van der Waals surface area contributed by atoms with Crippen LogP contribution >= 0.6 is 0 Å². The van der Waals surface area contributed by atoms with Crippen LogP contribution in [0.2, 0.25) is 0 Å². The van der Waals surface area contributed by atoms with Crippen LogP contribution in [0.1, 0.15) is 33.1 Å². The van der Waals surface area contributed by atoms with Crippen molar-refractivity contribution in [3.05, 3.63) is 65.7 Å². The van der Waals surface area contributed by atoms with Gasteiger partial charge in [-0.05, 0) is 36.2 Å². The van der Waals surface area contributed by atoms with Crippen LogP contribution in [0.25, 0.3) is 5.52 Å². The van der Waals surface area contributed by atoms with Crippen LogP contribution < -0.4 is 15.4 Å². The Morgan fingerprint density at radius 3 is 2.55 bits per heavy atom. The summed E-state index contributed by atoms with van der Waals surface area (Å²) in [6.45, 7) is 1.36. The van der Waals surface area contributed by atoms with Crippen molar-refractivity contribution in [2.75, 3.05) is 27.4 Å². The van der Waals surface area contributed by atoms with Crippen molar-refractivity contribution in [2.24, 2.45) is 0 Å². The predicted octanol–water partition coefficient (Wildman–Crippen LogP) is 2.04. The fourth-order valence-corrected chi connectivity index (χ4v) is 2.87. The fraction of sp³-hybridized carbons (Fsp3) is 0.286. The number of methoxy groups -OCH3 is 2. The molecule has 2 aromatic heterocycles. The number of nitrogens with zero attached hydrogens (tertiary/aromatic N) is 2. The van der Waals surface area contributed by atoms with Gasteiger partial charge in [-0.25, -0.2) is 4.98 Å². The summed E-state index contributed by atoms with van der Waals surface area (Å²) in [5.74, 6) is 0.232. The number of carbonyl (C=O) groups is 2. The lowest BCUT2D eigenvalue weighted by Crippen LogP contribution is -2.26. The van der Waals surface area contributed by atoms with Crippen LogP contribution in [0.4, 0.5) is 0 Å². The Hall–Kier alpha value is -3.39. The summed E-state index contributed by atoms with van der Waals surface area (Å²) in [4.78, 5) is 29.6. The van der Waals surface area contributed by atoms with E-state index in [2.05, 4.69) is 15.6 Å². The molecule has 0 saturated heterocycles. The molecule has 0 saturated carbocycles. The first kappa shape index (κ1) is 20.3. The molecular formula is C21H24N4O4. The number of benzene rings is 1. The zero-order valence-electron chi connectivity index (χ0n) is 16.5. The molecular weight excluding hydrogens is 372 g/mol. The maximum atomic E-state index is 12.7. The zero-order chi connectivity index (χ0) is 20.6. The van der Waals surface area contributed by atoms with E-state index in [0.29, 0.717) is 31.6 Å². The van der Waals surface area contributed by atoms with Crippen molar-refractivity contribution in [1.29, 1.82) is 0 Å². The minimum atomic E-state index is -0.361. The lowest BCUT2D eigenvalue weighted by Gasteiger charge is -2.06. The van der Waals surface area contributed by atoms with Crippen LogP contribution in [-0.2, 0) is 11.3 Å². The molecule has 0 radical (unpaired) electrons. The molecule has 0 atom stereocenters. The Morgan fingerprint density at radius 2 is 1.83 bits per heavy atom. The largest absolute Gasteiger partial charge is 0.497 e. The molecule has 0 bridgehead atoms. The summed E-state index contributed by atoms with van der Waals surface area (Å²) in [5, 5.41) is 5.65. The summed E-state index contributed by atoms with van der Waals surface area (Å²) < 4.78 is 11.7. The minimum absolute atomic E-state index is 0.163. The zero-order valence-corrected chi connectivity index (χ0v) is 16.5. The number of hydrogen-bond donors (Lipinski definition) is 2. The van der Waals surface area contributed by atoms with Crippen molar-refractivity contribution >= 4 is 17.3 Å². The van der Waals surface area contributed by atoms with Crippen LogP contribution in [0.3, 0.4) is 0 Å². The van der Waals surface area contributed by atoms with Gasteiger partial charge in [-0.1, -0.05) is 18.2 Å². The number of fused-ring (bicyclic) bond motifs is 1. The Kier molecular flexibility index (Phi) is 6.80. The summed E-state index contributed by atoms with van der Waals surface area (Å²) in [7, 11) is 3.22. The number of ether oxygens (including phenoxy) is 2. The highest BCUT2D eigenvalue weighted by molar-refractivity contribution is 6.02. The number of hydrogen-bond acceptors (Lipinski definition) is 5. The third-order valence-electron chi connectivity index (χ3n) is 4.39. The minimum Gasteiger partial charge on any atom is -0.497 e. The first-order valence-electron chi connectivity index (χ1n) is 9.29. The molecule has 0 aliphatic heterocycles. The molecule has 2 N–H and O–H groups in total. The number of aromatic nitrogens is 2. The van der Waals surface area contributed by atoms with E-state index >= 15 is 0 Å². The topological polar surface area (TPSA) is 94.0 Å². The van der Waals surface area contributed by atoms with E-state index in [1.165, 1.54) is 0 Å². The summed E-state index contributed by atoms with van der Waals surface area (Å²) >= 11 is 0. The normalized spacial score (nSPS) is 10.7. The number of carbonyl (C=O) groups excluding carboxylic acids is 2. The molecule has 0 aliphatic carbocycles. The average Bonchev–Trinajstić information content (AvgIpc) is 3.15. The molecule has 0 unspecified atom stereocenters. The highest BCUT2D eigenvalue weighted by Gasteiger charge is 2.21. The maximum Gasteiger partial charge on any atom is 0.287 e. The van der Waals surface area contributed by atoms with Gasteiger partial charge in [0.25, 0.3) is 11.8 Å². The molecule has 8 nitrogen and oxygen atoms in total. The molecule has 29 heavy (non-hydrogen) atoms. The van der Waals surface area contributed by atoms with Crippen molar-refractivity contribution in [3.8, 4) is 5.75 Å². The number of pyridine rings is 1. The van der Waals surface area contributed by atoms with E-state index in [0.717, 1.165) is 11.3 Å².